The van der Waals surface area contributed by atoms with E-state index in [0.717, 1.165) is 0 Å². The van der Waals surface area contributed by atoms with E-state index in [2.05, 4.69) is 5.32 Å². The van der Waals surface area contributed by atoms with Gasteiger partial charge in [0.25, 0.3) is 0 Å². The van der Waals surface area contributed by atoms with Crippen molar-refractivity contribution in [3.8, 4) is 0 Å². The lowest BCUT2D eigenvalue weighted by Gasteiger charge is -2.15. The molecule has 0 amide bonds. The zero-order valence-corrected chi connectivity index (χ0v) is 10.7. The SMILES string of the molecule is CNC(c1ccc(COC)o1)c1c(F)cccc1F. The summed E-state index contributed by atoms with van der Waals surface area (Å²) in [6.07, 6.45) is 0. The van der Waals surface area contributed by atoms with Crippen LogP contribution in [-0.4, -0.2) is 14.2 Å². The maximum Gasteiger partial charge on any atom is 0.131 e. The van der Waals surface area contributed by atoms with Gasteiger partial charge in [-0.25, -0.2) is 8.78 Å². The zero-order valence-electron chi connectivity index (χ0n) is 10.7. The zero-order chi connectivity index (χ0) is 13.8. The Kier molecular flexibility index (Phi) is 4.29. The van der Waals surface area contributed by atoms with Crippen LogP contribution in [0.2, 0.25) is 0 Å². The highest BCUT2D eigenvalue weighted by atomic mass is 19.1. The van der Waals surface area contributed by atoms with Crippen molar-refractivity contribution in [3.63, 3.8) is 0 Å². The molecule has 102 valence electrons. The Hall–Kier alpha value is -1.72. The molecule has 19 heavy (non-hydrogen) atoms. The minimum atomic E-state index is -0.674. The molecular formula is C14H15F2NO2. The van der Waals surface area contributed by atoms with Crippen LogP contribution >= 0.6 is 0 Å². The van der Waals surface area contributed by atoms with Crippen molar-refractivity contribution in [2.24, 2.45) is 0 Å². The van der Waals surface area contributed by atoms with Gasteiger partial charge in [-0.2, -0.15) is 0 Å². The summed E-state index contributed by atoms with van der Waals surface area (Å²) in [5, 5.41) is 2.86. The van der Waals surface area contributed by atoms with Crippen LogP contribution in [0.1, 0.15) is 23.1 Å². The van der Waals surface area contributed by atoms with E-state index in [9.17, 15) is 8.78 Å². The molecule has 1 aromatic carbocycles. The van der Waals surface area contributed by atoms with Crippen LogP contribution < -0.4 is 5.32 Å². The molecule has 0 radical (unpaired) electrons. The van der Waals surface area contributed by atoms with Crippen LogP contribution in [0.25, 0.3) is 0 Å². The molecule has 0 aliphatic rings. The van der Waals surface area contributed by atoms with Crippen molar-refractivity contribution in [2.75, 3.05) is 14.2 Å². The summed E-state index contributed by atoms with van der Waals surface area (Å²) in [5.41, 5.74) is -0.0525. The maximum atomic E-state index is 13.8. The molecule has 1 aromatic heterocycles. The topological polar surface area (TPSA) is 34.4 Å². The number of furan rings is 1. The summed E-state index contributed by atoms with van der Waals surface area (Å²) in [7, 11) is 3.17. The van der Waals surface area contributed by atoms with Gasteiger partial charge in [0.1, 0.15) is 29.8 Å². The van der Waals surface area contributed by atoms with E-state index < -0.39 is 17.7 Å². The highest BCUT2D eigenvalue weighted by molar-refractivity contribution is 5.30. The van der Waals surface area contributed by atoms with Gasteiger partial charge in [-0.3, -0.25) is 0 Å². The van der Waals surface area contributed by atoms with E-state index in [-0.39, 0.29) is 5.56 Å². The summed E-state index contributed by atoms with van der Waals surface area (Å²) < 4.78 is 38.0. The molecular weight excluding hydrogens is 252 g/mol. The monoisotopic (exact) mass is 267 g/mol. The van der Waals surface area contributed by atoms with Crippen molar-refractivity contribution < 1.29 is 17.9 Å². The second-order valence-corrected chi connectivity index (χ2v) is 4.09. The fourth-order valence-electron chi connectivity index (χ4n) is 1.98. The van der Waals surface area contributed by atoms with Crippen molar-refractivity contribution in [1.82, 2.24) is 5.32 Å². The van der Waals surface area contributed by atoms with Crippen LogP contribution in [0, 0.1) is 11.6 Å². The van der Waals surface area contributed by atoms with Crippen molar-refractivity contribution in [1.29, 1.82) is 0 Å². The Balaban J connectivity index is 2.38. The van der Waals surface area contributed by atoms with Gasteiger partial charge >= 0.3 is 0 Å². The largest absolute Gasteiger partial charge is 0.462 e. The third-order valence-electron chi connectivity index (χ3n) is 2.83. The Morgan fingerprint density at radius 3 is 2.47 bits per heavy atom. The average Bonchev–Trinajstić information content (AvgIpc) is 2.83. The highest BCUT2D eigenvalue weighted by Gasteiger charge is 2.23. The Morgan fingerprint density at radius 2 is 1.89 bits per heavy atom. The average molecular weight is 267 g/mol. The molecule has 1 heterocycles. The van der Waals surface area contributed by atoms with Gasteiger partial charge in [-0.15, -0.1) is 0 Å². The minimum Gasteiger partial charge on any atom is -0.462 e. The minimum absolute atomic E-state index is 0.0525. The lowest BCUT2D eigenvalue weighted by molar-refractivity contribution is 0.162. The maximum absolute atomic E-state index is 13.8. The lowest BCUT2D eigenvalue weighted by atomic mass is 10.0. The predicted molar refractivity (Wildman–Crippen MR) is 66.7 cm³/mol. The number of hydrogen-bond donors (Lipinski definition) is 1. The molecule has 2 rings (SSSR count). The molecule has 0 bridgehead atoms. The lowest BCUT2D eigenvalue weighted by Crippen LogP contribution is -2.19. The molecule has 0 aliphatic carbocycles. The number of methoxy groups -OCH3 is 1. The standard InChI is InChI=1S/C14H15F2NO2/c1-17-14(12-7-6-9(19-12)8-18-2)13-10(15)4-3-5-11(13)16/h3-7,14,17H,8H2,1-2H3. The summed E-state index contributed by atoms with van der Waals surface area (Å²) in [6, 6.07) is 6.51. The predicted octanol–water partition coefficient (Wildman–Crippen LogP) is 3.01. The quantitative estimate of drug-likeness (QED) is 0.904. The van der Waals surface area contributed by atoms with Crippen molar-refractivity contribution >= 4 is 0 Å². The van der Waals surface area contributed by atoms with Crippen LogP contribution in [-0.2, 0) is 11.3 Å². The van der Waals surface area contributed by atoms with Gasteiger partial charge in [-0.1, -0.05) is 6.07 Å². The summed E-state index contributed by atoms with van der Waals surface area (Å²) in [4.78, 5) is 0. The van der Waals surface area contributed by atoms with Gasteiger partial charge < -0.3 is 14.5 Å². The van der Waals surface area contributed by atoms with Crippen LogP contribution in [0.5, 0.6) is 0 Å². The number of hydrogen-bond acceptors (Lipinski definition) is 3. The van der Waals surface area contributed by atoms with Crippen molar-refractivity contribution in [3.05, 3.63) is 59.1 Å². The summed E-state index contributed by atoms with van der Waals surface area (Å²) in [6.45, 7) is 0.316. The molecule has 1 unspecified atom stereocenters. The number of rotatable bonds is 5. The van der Waals surface area contributed by atoms with Crippen LogP contribution in [0.3, 0.4) is 0 Å². The molecule has 1 atom stereocenters. The Labute approximate surface area is 110 Å². The Bertz CT molecular complexity index is 534. The van der Waals surface area contributed by atoms with Gasteiger partial charge in [-0.05, 0) is 31.3 Å². The second kappa shape index (κ2) is 5.95. The number of benzene rings is 1. The molecule has 0 aliphatic heterocycles. The van der Waals surface area contributed by atoms with Gasteiger partial charge in [0.15, 0.2) is 0 Å². The number of ether oxygens (including phenoxy) is 1. The van der Waals surface area contributed by atoms with E-state index in [4.69, 9.17) is 9.15 Å². The molecule has 0 spiro atoms. The fraction of sp³-hybridized carbons (Fsp3) is 0.286. The number of halogens is 2. The molecule has 1 N–H and O–H groups in total. The molecule has 0 saturated heterocycles. The molecule has 2 aromatic rings. The normalized spacial score (nSPS) is 12.6. The third-order valence-corrected chi connectivity index (χ3v) is 2.83. The first-order chi connectivity index (χ1) is 9.17. The first-order valence-electron chi connectivity index (χ1n) is 5.86. The first kappa shape index (κ1) is 13.7. The smallest absolute Gasteiger partial charge is 0.131 e. The van der Waals surface area contributed by atoms with Crippen molar-refractivity contribution in [2.45, 2.75) is 12.6 Å². The first-order valence-corrected chi connectivity index (χ1v) is 5.86. The summed E-state index contributed by atoms with van der Waals surface area (Å²) >= 11 is 0. The van der Waals surface area contributed by atoms with Gasteiger partial charge in [0.05, 0.1) is 6.04 Å². The van der Waals surface area contributed by atoms with E-state index in [1.165, 1.54) is 18.2 Å². The molecule has 3 nitrogen and oxygen atoms in total. The molecule has 0 saturated carbocycles. The summed E-state index contributed by atoms with van der Waals surface area (Å²) in [5.74, 6) is -0.166. The van der Waals surface area contributed by atoms with E-state index in [0.29, 0.717) is 18.1 Å². The van der Waals surface area contributed by atoms with E-state index in [1.54, 1.807) is 26.3 Å². The Morgan fingerprint density at radius 1 is 1.21 bits per heavy atom. The number of nitrogens with one attached hydrogen (secondary N) is 1. The second-order valence-electron chi connectivity index (χ2n) is 4.09. The fourth-order valence-corrected chi connectivity index (χ4v) is 1.98. The third kappa shape index (κ3) is 2.83. The van der Waals surface area contributed by atoms with Crippen LogP contribution in [0.15, 0.2) is 34.7 Å². The van der Waals surface area contributed by atoms with Crippen LogP contribution in [0.4, 0.5) is 8.78 Å². The molecule has 5 heteroatoms. The van der Waals surface area contributed by atoms with Gasteiger partial charge in [0.2, 0.25) is 0 Å². The van der Waals surface area contributed by atoms with E-state index in [1.807, 2.05) is 0 Å². The van der Waals surface area contributed by atoms with Gasteiger partial charge in [0, 0.05) is 12.7 Å². The highest BCUT2D eigenvalue weighted by Crippen LogP contribution is 2.28. The van der Waals surface area contributed by atoms with E-state index >= 15 is 0 Å². The molecule has 0 fully saturated rings.